The summed E-state index contributed by atoms with van der Waals surface area (Å²) in [5.74, 6) is -0.887. The van der Waals surface area contributed by atoms with Crippen molar-refractivity contribution in [1.29, 1.82) is 0 Å². The number of rotatable bonds is 62. The molecule has 0 aliphatic rings. The monoisotopic (exact) mass is 1120 g/mol. The van der Waals surface area contributed by atoms with Crippen LogP contribution in [0.3, 0.4) is 0 Å². The highest BCUT2D eigenvalue weighted by molar-refractivity contribution is 5.71. The SMILES string of the molecule is CC/C=C\C/C=C\C/C=C\C/C=C\CCCCCCCCCCCCC(=O)OCC(COC(=O)CCCCCCCCC/C=C\C/C=C\C/C=C\CC)OC(=O)CCCCCCCCCCCCC/C=C\C/C=C\CCCCCCC. The second-order valence-corrected chi connectivity index (χ2v) is 22.7. The molecule has 1 atom stereocenters. The van der Waals surface area contributed by atoms with E-state index in [0.717, 1.165) is 116 Å². The lowest BCUT2D eigenvalue weighted by Gasteiger charge is -2.18. The molecule has 0 amide bonds. The molecular weight excluding hydrogens is 997 g/mol. The predicted octanol–water partition coefficient (Wildman–Crippen LogP) is 23.8. The van der Waals surface area contributed by atoms with Crippen molar-refractivity contribution >= 4 is 17.9 Å². The van der Waals surface area contributed by atoms with Crippen LogP contribution >= 0.6 is 0 Å². The molecule has 0 aromatic carbocycles. The third-order valence-electron chi connectivity index (χ3n) is 14.7. The normalized spacial score (nSPS) is 12.8. The molecular formula is C75H128O6. The molecule has 81 heavy (non-hydrogen) atoms. The van der Waals surface area contributed by atoms with Gasteiger partial charge in [-0.05, 0) is 122 Å². The van der Waals surface area contributed by atoms with Crippen molar-refractivity contribution in [2.45, 2.75) is 335 Å². The molecule has 0 radical (unpaired) electrons. The number of esters is 3. The fraction of sp³-hybridized carbons (Fsp3) is 0.720. The third-order valence-corrected chi connectivity index (χ3v) is 14.7. The standard InChI is InChI=1S/C75H128O6/c1-4-7-10-13-16-19-22-25-28-31-33-35-37-39-41-44-47-50-53-56-59-62-65-68-74(77)80-71-72(70-79-73(76)67-64-61-58-55-52-49-46-43-30-27-24-21-18-15-12-9-6-3)81-75(78)69-66-63-60-57-54-51-48-45-42-40-38-36-34-32-29-26-23-20-17-14-11-8-5-2/h7,9-10,12,16,18-19,21,23,25-28,30,32-35,72H,4-6,8,11,13-15,17,20,22,24,29,31,36-71H2,1-3H3/b10-7-,12-9-,19-16-,21-18-,26-23-,28-25-,30-27-,34-32-,35-33-. The zero-order chi connectivity index (χ0) is 58.5. The van der Waals surface area contributed by atoms with Crippen molar-refractivity contribution in [2.24, 2.45) is 0 Å². The highest BCUT2D eigenvalue weighted by atomic mass is 16.6. The summed E-state index contributed by atoms with van der Waals surface area (Å²) in [6.45, 7) is 6.43. The Labute approximate surface area is 501 Å². The van der Waals surface area contributed by atoms with Gasteiger partial charge in [-0.2, -0.15) is 0 Å². The van der Waals surface area contributed by atoms with Gasteiger partial charge in [0.15, 0.2) is 6.10 Å². The van der Waals surface area contributed by atoms with Gasteiger partial charge in [0.2, 0.25) is 0 Å². The number of hydrogen-bond donors (Lipinski definition) is 0. The zero-order valence-electron chi connectivity index (χ0n) is 53.3. The van der Waals surface area contributed by atoms with Crippen molar-refractivity contribution in [3.63, 3.8) is 0 Å². The molecule has 0 bridgehead atoms. The highest BCUT2D eigenvalue weighted by Gasteiger charge is 2.19. The maximum absolute atomic E-state index is 13.0. The van der Waals surface area contributed by atoms with Gasteiger partial charge >= 0.3 is 17.9 Å². The van der Waals surface area contributed by atoms with Crippen LogP contribution < -0.4 is 0 Å². The Balaban J connectivity index is 4.38. The van der Waals surface area contributed by atoms with Crippen molar-refractivity contribution in [2.75, 3.05) is 13.2 Å². The molecule has 6 heteroatoms. The van der Waals surface area contributed by atoms with Crippen LogP contribution in [0.1, 0.15) is 329 Å². The Morgan fingerprint density at radius 3 is 0.753 bits per heavy atom. The molecule has 0 heterocycles. The lowest BCUT2D eigenvalue weighted by Crippen LogP contribution is -2.30. The molecule has 0 aliphatic heterocycles. The van der Waals surface area contributed by atoms with Crippen LogP contribution in [-0.4, -0.2) is 37.2 Å². The fourth-order valence-electron chi connectivity index (χ4n) is 9.66. The van der Waals surface area contributed by atoms with E-state index < -0.39 is 6.10 Å². The maximum atomic E-state index is 13.0. The van der Waals surface area contributed by atoms with E-state index in [9.17, 15) is 14.4 Å². The second-order valence-electron chi connectivity index (χ2n) is 22.7. The molecule has 0 aromatic heterocycles. The minimum absolute atomic E-state index is 0.0840. The van der Waals surface area contributed by atoms with Crippen LogP contribution in [0.4, 0.5) is 0 Å². The molecule has 0 aromatic rings. The average molecular weight is 1130 g/mol. The van der Waals surface area contributed by atoms with Crippen LogP contribution in [0.2, 0.25) is 0 Å². The smallest absolute Gasteiger partial charge is 0.306 e. The van der Waals surface area contributed by atoms with Crippen LogP contribution in [-0.2, 0) is 28.6 Å². The first-order chi connectivity index (χ1) is 40.0. The van der Waals surface area contributed by atoms with Crippen LogP contribution in [0.15, 0.2) is 109 Å². The zero-order valence-corrected chi connectivity index (χ0v) is 53.3. The van der Waals surface area contributed by atoms with E-state index in [1.165, 1.54) is 173 Å². The molecule has 0 saturated heterocycles. The first-order valence-electron chi connectivity index (χ1n) is 34.4. The Morgan fingerprint density at radius 2 is 0.481 bits per heavy atom. The molecule has 464 valence electrons. The van der Waals surface area contributed by atoms with Crippen LogP contribution in [0.5, 0.6) is 0 Å². The first-order valence-corrected chi connectivity index (χ1v) is 34.4. The van der Waals surface area contributed by atoms with Crippen LogP contribution in [0, 0.1) is 0 Å². The van der Waals surface area contributed by atoms with E-state index in [-0.39, 0.29) is 31.1 Å². The first kappa shape index (κ1) is 77.1. The van der Waals surface area contributed by atoms with Crippen LogP contribution in [0.25, 0.3) is 0 Å². The third kappa shape index (κ3) is 66.8. The lowest BCUT2D eigenvalue weighted by atomic mass is 10.0. The van der Waals surface area contributed by atoms with Gasteiger partial charge in [-0.3, -0.25) is 14.4 Å². The van der Waals surface area contributed by atoms with E-state index in [4.69, 9.17) is 14.2 Å². The van der Waals surface area contributed by atoms with Gasteiger partial charge < -0.3 is 14.2 Å². The number of allylic oxidation sites excluding steroid dienone is 18. The Hall–Kier alpha value is -3.93. The van der Waals surface area contributed by atoms with Gasteiger partial charge in [0.05, 0.1) is 0 Å². The predicted molar refractivity (Wildman–Crippen MR) is 353 cm³/mol. The quantitative estimate of drug-likeness (QED) is 0.0261. The molecule has 0 aliphatic carbocycles. The Bertz CT molecular complexity index is 1620. The van der Waals surface area contributed by atoms with Gasteiger partial charge in [-0.25, -0.2) is 0 Å². The van der Waals surface area contributed by atoms with Gasteiger partial charge in [0.25, 0.3) is 0 Å². The maximum Gasteiger partial charge on any atom is 0.306 e. The summed E-state index contributed by atoms with van der Waals surface area (Å²) in [5.41, 5.74) is 0. The largest absolute Gasteiger partial charge is 0.462 e. The van der Waals surface area contributed by atoms with E-state index in [1.54, 1.807) is 0 Å². The summed E-state index contributed by atoms with van der Waals surface area (Å²) in [4.78, 5) is 38.5. The van der Waals surface area contributed by atoms with E-state index >= 15 is 0 Å². The number of hydrogen-bond acceptors (Lipinski definition) is 6. The van der Waals surface area contributed by atoms with Crippen molar-refractivity contribution in [3.8, 4) is 0 Å². The van der Waals surface area contributed by atoms with Crippen molar-refractivity contribution < 1.29 is 28.6 Å². The molecule has 0 spiro atoms. The highest BCUT2D eigenvalue weighted by Crippen LogP contribution is 2.17. The van der Waals surface area contributed by atoms with E-state index in [0.29, 0.717) is 19.3 Å². The number of carbonyl (C=O) groups is 3. The van der Waals surface area contributed by atoms with E-state index in [2.05, 4.69) is 130 Å². The van der Waals surface area contributed by atoms with Gasteiger partial charge in [-0.15, -0.1) is 0 Å². The van der Waals surface area contributed by atoms with Gasteiger partial charge in [0, 0.05) is 19.3 Å². The van der Waals surface area contributed by atoms with Crippen molar-refractivity contribution in [1.82, 2.24) is 0 Å². The molecule has 6 nitrogen and oxygen atoms in total. The summed E-state index contributed by atoms with van der Waals surface area (Å²) in [5, 5.41) is 0. The molecule has 1 unspecified atom stereocenters. The summed E-state index contributed by atoms with van der Waals surface area (Å²) in [6, 6.07) is 0. The lowest BCUT2D eigenvalue weighted by molar-refractivity contribution is -0.167. The average Bonchev–Trinajstić information content (AvgIpc) is 3.47. The summed E-state index contributed by atoms with van der Waals surface area (Å²) >= 11 is 0. The van der Waals surface area contributed by atoms with Crippen molar-refractivity contribution in [3.05, 3.63) is 109 Å². The molecule has 0 N–H and O–H groups in total. The Morgan fingerprint density at radius 1 is 0.259 bits per heavy atom. The van der Waals surface area contributed by atoms with E-state index in [1.807, 2.05) is 0 Å². The number of carbonyl (C=O) groups excluding carboxylic acids is 3. The Kier molecular flexibility index (Phi) is 65.2. The second kappa shape index (κ2) is 68.6. The topological polar surface area (TPSA) is 78.9 Å². The minimum Gasteiger partial charge on any atom is -0.462 e. The summed E-state index contributed by atoms with van der Waals surface area (Å²) in [6.07, 6.45) is 93.8. The van der Waals surface area contributed by atoms with Gasteiger partial charge in [-0.1, -0.05) is 297 Å². The molecule has 0 rings (SSSR count). The fourth-order valence-corrected chi connectivity index (χ4v) is 9.66. The minimum atomic E-state index is -0.789. The molecule has 0 fully saturated rings. The summed E-state index contributed by atoms with van der Waals surface area (Å²) < 4.78 is 17.0. The summed E-state index contributed by atoms with van der Waals surface area (Å²) in [7, 11) is 0. The van der Waals surface area contributed by atoms with Gasteiger partial charge in [0.1, 0.15) is 13.2 Å². The number of unbranched alkanes of at least 4 members (excludes halogenated alkanes) is 33. The molecule has 0 saturated carbocycles. The number of ether oxygens (including phenoxy) is 3.